The number of amides is 2. The van der Waals surface area contributed by atoms with E-state index in [1.807, 2.05) is 34.6 Å². The SMILES string of the molecule is CCc1cc(C(=O)N(CCCCNC(=O)OC(C)(C)C)c2ccnc(NC(C)COC)n2)ccc1O. The minimum atomic E-state index is -0.561. The van der Waals surface area contributed by atoms with E-state index in [0.29, 0.717) is 61.9 Å². The molecule has 1 heterocycles. The molecule has 36 heavy (non-hydrogen) atoms. The zero-order valence-corrected chi connectivity index (χ0v) is 22.1. The lowest BCUT2D eigenvalue weighted by Gasteiger charge is -2.23. The number of hydrogen-bond acceptors (Lipinski definition) is 8. The van der Waals surface area contributed by atoms with Gasteiger partial charge in [-0.3, -0.25) is 9.69 Å². The van der Waals surface area contributed by atoms with Crippen molar-refractivity contribution in [2.24, 2.45) is 0 Å². The summed E-state index contributed by atoms with van der Waals surface area (Å²) in [7, 11) is 1.62. The van der Waals surface area contributed by atoms with Gasteiger partial charge >= 0.3 is 6.09 Å². The van der Waals surface area contributed by atoms with Crippen LogP contribution in [0.2, 0.25) is 0 Å². The first-order chi connectivity index (χ1) is 17.0. The van der Waals surface area contributed by atoms with E-state index in [2.05, 4.69) is 20.6 Å². The molecule has 2 rings (SSSR count). The Morgan fingerprint density at radius 1 is 1.19 bits per heavy atom. The summed E-state index contributed by atoms with van der Waals surface area (Å²) in [6.45, 7) is 10.6. The van der Waals surface area contributed by atoms with Gasteiger partial charge in [-0.15, -0.1) is 0 Å². The van der Waals surface area contributed by atoms with Gasteiger partial charge in [-0.2, -0.15) is 4.98 Å². The van der Waals surface area contributed by atoms with Crippen LogP contribution in [0.4, 0.5) is 16.6 Å². The van der Waals surface area contributed by atoms with E-state index in [4.69, 9.17) is 9.47 Å². The third-order valence-corrected chi connectivity index (χ3v) is 5.14. The molecule has 1 unspecified atom stereocenters. The lowest BCUT2D eigenvalue weighted by Crippen LogP contribution is -2.35. The van der Waals surface area contributed by atoms with Gasteiger partial charge in [0.1, 0.15) is 17.2 Å². The molecule has 0 radical (unpaired) electrons. The Morgan fingerprint density at radius 2 is 1.94 bits per heavy atom. The smallest absolute Gasteiger partial charge is 0.407 e. The van der Waals surface area contributed by atoms with E-state index < -0.39 is 11.7 Å². The van der Waals surface area contributed by atoms with Crippen LogP contribution in [0.1, 0.15) is 63.4 Å². The van der Waals surface area contributed by atoms with E-state index in [1.165, 1.54) is 6.07 Å². The van der Waals surface area contributed by atoms with Gasteiger partial charge in [0.15, 0.2) is 0 Å². The molecule has 0 saturated carbocycles. The normalized spacial score (nSPS) is 12.1. The summed E-state index contributed by atoms with van der Waals surface area (Å²) in [4.78, 5) is 35.8. The maximum Gasteiger partial charge on any atom is 0.407 e. The number of phenols is 1. The van der Waals surface area contributed by atoms with Crippen molar-refractivity contribution in [1.29, 1.82) is 0 Å². The number of methoxy groups -OCH3 is 1. The fourth-order valence-corrected chi connectivity index (χ4v) is 3.46. The summed E-state index contributed by atoms with van der Waals surface area (Å²) in [5, 5.41) is 16.0. The molecular weight excluding hydrogens is 462 g/mol. The van der Waals surface area contributed by atoms with Crippen molar-refractivity contribution in [3.05, 3.63) is 41.6 Å². The number of phenolic OH excluding ortho intramolecular Hbond substituents is 1. The highest BCUT2D eigenvalue weighted by Gasteiger charge is 2.21. The number of aromatic nitrogens is 2. The molecule has 10 heteroatoms. The third kappa shape index (κ3) is 9.33. The van der Waals surface area contributed by atoms with Gasteiger partial charge in [-0.1, -0.05) is 6.92 Å². The van der Waals surface area contributed by atoms with Gasteiger partial charge in [0, 0.05) is 38.0 Å². The van der Waals surface area contributed by atoms with Crippen LogP contribution >= 0.6 is 0 Å². The molecular formula is C26H39N5O5. The second-order valence-electron chi connectivity index (χ2n) is 9.53. The average molecular weight is 502 g/mol. The van der Waals surface area contributed by atoms with Gasteiger partial charge in [0.25, 0.3) is 5.91 Å². The second-order valence-corrected chi connectivity index (χ2v) is 9.53. The number of hydrogen-bond donors (Lipinski definition) is 3. The molecule has 2 amide bonds. The second kappa shape index (κ2) is 13.6. The van der Waals surface area contributed by atoms with Gasteiger partial charge in [0.2, 0.25) is 5.95 Å². The number of unbranched alkanes of at least 4 members (excludes halogenated alkanes) is 1. The number of nitrogens with zero attached hydrogens (tertiary/aromatic N) is 3. The largest absolute Gasteiger partial charge is 0.508 e. The Kier molecular flexibility index (Phi) is 10.9. The lowest BCUT2D eigenvalue weighted by molar-refractivity contribution is 0.0526. The molecule has 0 saturated heterocycles. The summed E-state index contributed by atoms with van der Waals surface area (Å²) in [5.74, 6) is 0.767. The van der Waals surface area contributed by atoms with Gasteiger partial charge in [0.05, 0.1) is 6.61 Å². The van der Waals surface area contributed by atoms with E-state index in [-0.39, 0.29) is 17.7 Å². The predicted molar refractivity (Wildman–Crippen MR) is 140 cm³/mol. The Balaban J connectivity index is 2.17. The van der Waals surface area contributed by atoms with Crippen molar-refractivity contribution in [2.75, 3.05) is 37.0 Å². The number of alkyl carbamates (subject to hydrolysis) is 1. The molecule has 0 aliphatic carbocycles. The van der Waals surface area contributed by atoms with Crippen molar-refractivity contribution in [2.45, 2.75) is 65.5 Å². The number of aromatic hydroxyl groups is 1. The third-order valence-electron chi connectivity index (χ3n) is 5.14. The van der Waals surface area contributed by atoms with Gasteiger partial charge in [-0.25, -0.2) is 9.78 Å². The van der Waals surface area contributed by atoms with Crippen LogP contribution in [0.3, 0.4) is 0 Å². The van der Waals surface area contributed by atoms with Crippen molar-refractivity contribution in [1.82, 2.24) is 15.3 Å². The summed E-state index contributed by atoms with van der Waals surface area (Å²) < 4.78 is 10.4. The number of carbonyl (C=O) groups excluding carboxylic acids is 2. The number of aryl methyl sites for hydroxylation is 1. The first kappa shape index (κ1) is 28.8. The monoisotopic (exact) mass is 501 g/mol. The van der Waals surface area contributed by atoms with Crippen LogP contribution in [-0.2, 0) is 15.9 Å². The highest BCUT2D eigenvalue weighted by atomic mass is 16.6. The number of anilines is 2. The molecule has 0 spiro atoms. The van der Waals surface area contributed by atoms with E-state index in [0.717, 1.165) is 0 Å². The Bertz CT molecular complexity index is 1010. The summed E-state index contributed by atoms with van der Waals surface area (Å²) in [6.07, 6.45) is 2.99. The molecule has 0 bridgehead atoms. The summed E-state index contributed by atoms with van der Waals surface area (Å²) in [5.41, 5.74) is 0.590. The number of nitrogens with one attached hydrogen (secondary N) is 2. The molecule has 2 aromatic rings. The van der Waals surface area contributed by atoms with Gasteiger partial charge < -0.3 is 25.2 Å². The van der Waals surface area contributed by atoms with Crippen LogP contribution in [0.15, 0.2) is 30.5 Å². The Labute approximate surface area is 213 Å². The first-order valence-corrected chi connectivity index (χ1v) is 12.2. The highest BCUT2D eigenvalue weighted by Crippen LogP contribution is 2.22. The van der Waals surface area contributed by atoms with Crippen LogP contribution in [0.25, 0.3) is 0 Å². The number of ether oxygens (including phenoxy) is 2. The highest BCUT2D eigenvalue weighted by molar-refractivity contribution is 6.05. The predicted octanol–water partition coefficient (Wildman–Crippen LogP) is 4.14. The van der Waals surface area contributed by atoms with E-state index in [1.54, 1.807) is 36.4 Å². The Morgan fingerprint density at radius 3 is 2.61 bits per heavy atom. The van der Waals surface area contributed by atoms with Crippen molar-refractivity contribution in [3.63, 3.8) is 0 Å². The fraction of sp³-hybridized carbons (Fsp3) is 0.538. The maximum atomic E-state index is 13.5. The molecule has 0 fully saturated rings. The van der Waals surface area contributed by atoms with Gasteiger partial charge in [-0.05, 0) is 76.8 Å². The van der Waals surface area contributed by atoms with Crippen LogP contribution in [0.5, 0.6) is 5.75 Å². The van der Waals surface area contributed by atoms with Crippen molar-refractivity contribution >= 4 is 23.8 Å². The number of carbonyl (C=O) groups is 2. The fourth-order valence-electron chi connectivity index (χ4n) is 3.46. The van der Waals surface area contributed by atoms with Crippen molar-refractivity contribution < 1.29 is 24.2 Å². The van der Waals surface area contributed by atoms with E-state index >= 15 is 0 Å². The van der Waals surface area contributed by atoms with Crippen molar-refractivity contribution in [3.8, 4) is 5.75 Å². The molecule has 1 aromatic carbocycles. The topological polar surface area (TPSA) is 126 Å². The first-order valence-electron chi connectivity index (χ1n) is 12.2. The summed E-state index contributed by atoms with van der Waals surface area (Å²) in [6, 6.07) is 6.51. The zero-order valence-electron chi connectivity index (χ0n) is 22.1. The lowest BCUT2D eigenvalue weighted by atomic mass is 10.1. The van der Waals surface area contributed by atoms with Crippen LogP contribution in [-0.4, -0.2) is 65.5 Å². The molecule has 3 N–H and O–H groups in total. The summed E-state index contributed by atoms with van der Waals surface area (Å²) >= 11 is 0. The number of rotatable bonds is 12. The molecule has 1 atom stereocenters. The number of benzene rings is 1. The minimum absolute atomic E-state index is 0.0162. The maximum absolute atomic E-state index is 13.5. The van der Waals surface area contributed by atoms with Crippen LogP contribution < -0.4 is 15.5 Å². The van der Waals surface area contributed by atoms with E-state index in [9.17, 15) is 14.7 Å². The Hall–Kier alpha value is -3.40. The molecule has 0 aliphatic heterocycles. The molecule has 1 aromatic heterocycles. The zero-order chi connectivity index (χ0) is 26.7. The quantitative estimate of drug-likeness (QED) is 0.371. The van der Waals surface area contributed by atoms with Crippen LogP contribution in [0, 0.1) is 0 Å². The molecule has 0 aliphatic rings. The molecule has 198 valence electrons. The molecule has 10 nitrogen and oxygen atoms in total. The average Bonchev–Trinajstić information content (AvgIpc) is 2.80. The minimum Gasteiger partial charge on any atom is -0.508 e. The standard InChI is InChI=1S/C26H39N5O5/c1-7-19-16-20(10-11-21(19)32)23(33)31(15-9-8-13-28-25(34)36-26(3,4)5)22-12-14-27-24(30-22)29-18(2)17-35-6/h10-12,14,16,18,32H,7-9,13,15,17H2,1-6H3,(H,28,34)(H,27,29,30).